The second-order valence-corrected chi connectivity index (χ2v) is 8.71. The van der Waals surface area contributed by atoms with E-state index < -0.39 is 11.9 Å². The first-order chi connectivity index (χ1) is 15.0. The number of thiazole rings is 1. The van der Waals surface area contributed by atoms with Crippen LogP contribution in [0.25, 0.3) is 0 Å². The SMILES string of the molecule is CN(CCCN1C(=O)[C@H](Oc2ccc(F)cc2Cl)[C@H]1c1cscn1)Cc1ccccc1. The summed E-state index contributed by atoms with van der Waals surface area (Å²) in [6.07, 6.45) is 0.117. The number of halogens is 2. The van der Waals surface area contributed by atoms with Gasteiger partial charge in [-0.2, -0.15) is 0 Å². The largest absolute Gasteiger partial charge is 0.476 e. The Labute approximate surface area is 190 Å². The average Bonchev–Trinajstić information content (AvgIpc) is 3.27. The van der Waals surface area contributed by atoms with E-state index >= 15 is 0 Å². The van der Waals surface area contributed by atoms with E-state index in [9.17, 15) is 9.18 Å². The summed E-state index contributed by atoms with van der Waals surface area (Å²) < 4.78 is 19.2. The molecule has 2 aromatic carbocycles. The lowest BCUT2D eigenvalue weighted by Crippen LogP contribution is -2.61. The predicted molar refractivity (Wildman–Crippen MR) is 120 cm³/mol. The Morgan fingerprint density at radius 2 is 2.06 bits per heavy atom. The van der Waals surface area contributed by atoms with Crippen molar-refractivity contribution in [1.29, 1.82) is 0 Å². The lowest BCUT2D eigenvalue weighted by molar-refractivity contribution is -0.164. The van der Waals surface area contributed by atoms with E-state index in [2.05, 4.69) is 29.1 Å². The summed E-state index contributed by atoms with van der Waals surface area (Å²) in [5.41, 5.74) is 3.80. The monoisotopic (exact) mass is 459 g/mol. The third-order valence-corrected chi connectivity index (χ3v) is 6.19. The Morgan fingerprint density at radius 3 is 2.77 bits per heavy atom. The van der Waals surface area contributed by atoms with Gasteiger partial charge < -0.3 is 14.5 Å². The van der Waals surface area contributed by atoms with Gasteiger partial charge in [-0.3, -0.25) is 4.79 Å². The average molecular weight is 460 g/mol. The highest BCUT2D eigenvalue weighted by Gasteiger charge is 2.51. The lowest BCUT2D eigenvalue weighted by atomic mass is 9.94. The van der Waals surface area contributed by atoms with Crippen LogP contribution in [0.4, 0.5) is 4.39 Å². The van der Waals surface area contributed by atoms with Crippen LogP contribution in [0.2, 0.25) is 5.02 Å². The summed E-state index contributed by atoms with van der Waals surface area (Å²) in [5, 5.41) is 2.07. The molecule has 162 valence electrons. The van der Waals surface area contributed by atoms with Crippen molar-refractivity contribution in [1.82, 2.24) is 14.8 Å². The van der Waals surface area contributed by atoms with Crippen molar-refractivity contribution in [3.8, 4) is 5.75 Å². The Morgan fingerprint density at radius 1 is 1.26 bits per heavy atom. The Bertz CT molecular complexity index is 1020. The second kappa shape index (κ2) is 9.77. The summed E-state index contributed by atoms with van der Waals surface area (Å²) in [4.78, 5) is 21.3. The number of likely N-dealkylation sites (tertiary alicyclic amines) is 1. The maximum absolute atomic E-state index is 13.3. The lowest BCUT2D eigenvalue weighted by Gasteiger charge is -2.46. The number of nitrogens with zero attached hydrogens (tertiary/aromatic N) is 3. The Balaban J connectivity index is 1.37. The first-order valence-electron chi connectivity index (χ1n) is 10.1. The summed E-state index contributed by atoms with van der Waals surface area (Å²) in [6, 6.07) is 13.9. The fourth-order valence-corrected chi connectivity index (χ4v) is 4.55. The number of carbonyl (C=O) groups excluding carboxylic acids is 1. The zero-order valence-electron chi connectivity index (χ0n) is 17.1. The molecular weight excluding hydrogens is 437 g/mol. The molecule has 1 amide bonds. The minimum atomic E-state index is -0.716. The fourth-order valence-electron chi connectivity index (χ4n) is 3.76. The van der Waals surface area contributed by atoms with Crippen LogP contribution in [0.15, 0.2) is 59.4 Å². The van der Waals surface area contributed by atoms with E-state index in [1.165, 1.54) is 35.1 Å². The van der Waals surface area contributed by atoms with Crippen molar-refractivity contribution >= 4 is 28.8 Å². The maximum atomic E-state index is 13.3. The van der Waals surface area contributed by atoms with Crippen molar-refractivity contribution in [3.05, 3.63) is 81.5 Å². The molecule has 5 nitrogen and oxygen atoms in total. The van der Waals surface area contributed by atoms with Crippen LogP contribution in [0.1, 0.15) is 23.7 Å². The van der Waals surface area contributed by atoms with Crippen LogP contribution in [0, 0.1) is 5.82 Å². The van der Waals surface area contributed by atoms with Crippen LogP contribution in [0.3, 0.4) is 0 Å². The van der Waals surface area contributed by atoms with Crippen LogP contribution >= 0.6 is 22.9 Å². The molecule has 1 aliphatic rings. The van der Waals surface area contributed by atoms with Crippen molar-refractivity contribution in [2.24, 2.45) is 0 Å². The van der Waals surface area contributed by atoms with Crippen LogP contribution in [-0.4, -0.2) is 46.9 Å². The molecule has 0 N–H and O–H groups in total. The van der Waals surface area contributed by atoms with Gasteiger partial charge in [0.25, 0.3) is 5.91 Å². The molecule has 0 spiro atoms. The van der Waals surface area contributed by atoms with Gasteiger partial charge in [-0.15, -0.1) is 11.3 Å². The normalized spacial score (nSPS) is 18.3. The van der Waals surface area contributed by atoms with Gasteiger partial charge in [-0.1, -0.05) is 41.9 Å². The van der Waals surface area contributed by atoms with Gasteiger partial charge in [-0.05, 0) is 43.8 Å². The summed E-state index contributed by atoms with van der Waals surface area (Å²) >= 11 is 7.56. The zero-order valence-corrected chi connectivity index (χ0v) is 18.7. The van der Waals surface area contributed by atoms with Gasteiger partial charge >= 0.3 is 0 Å². The van der Waals surface area contributed by atoms with Gasteiger partial charge in [0.1, 0.15) is 17.6 Å². The molecule has 0 aliphatic carbocycles. The van der Waals surface area contributed by atoms with Crippen molar-refractivity contribution in [2.75, 3.05) is 20.1 Å². The van der Waals surface area contributed by atoms with E-state index in [0.717, 1.165) is 25.2 Å². The standard InChI is InChI=1S/C23H23ClFN3O2S/c1-27(13-16-6-3-2-4-7-16)10-5-11-28-21(19-14-31-15-26-19)22(23(28)29)30-20-9-8-17(25)12-18(20)24/h2-4,6-9,12,14-15,21-22H,5,10-11,13H2,1H3/t21-,22-/m1/s1. The van der Waals surface area contributed by atoms with Gasteiger partial charge in [0.2, 0.25) is 6.10 Å². The first kappa shape index (κ1) is 21.7. The van der Waals surface area contributed by atoms with Crippen LogP contribution < -0.4 is 4.74 Å². The molecule has 8 heteroatoms. The smallest absolute Gasteiger partial charge is 0.266 e. The molecule has 4 rings (SSSR count). The highest BCUT2D eigenvalue weighted by molar-refractivity contribution is 7.07. The van der Waals surface area contributed by atoms with E-state index in [1.807, 2.05) is 23.6 Å². The predicted octanol–water partition coefficient (Wildman–Crippen LogP) is 4.79. The molecule has 1 fully saturated rings. The van der Waals surface area contributed by atoms with E-state index in [-0.39, 0.29) is 17.0 Å². The first-order valence-corrected chi connectivity index (χ1v) is 11.4. The van der Waals surface area contributed by atoms with E-state index in [1.54, 1.807) is 10.4 Å². The molecule has 0 radical (unpaired) electrons. The number of hydrogen-bond acceptors (Lipinski definition) is 5. The number of aromatic nitrogens is 1. The Hall–Kier alpha value is -2.48. The number of carbonyl (C=O) groups is 1. The summed E-state index contributed by atoms with van der Waals surface area (Å²) in [6.45, 7) is 2.33. The zero-order chi connectivity index (χ0) is 21.8. The van der Waals surface area contributed by atoms with Crippen LogP contribution in [0.5, 0.6) is 5.75 Å². The number of hydrogen-bond donors (Lipinski definition) is 0. The number of rotatable bonds is 9. The molecule has 1 aromatic heterocycles. The molecule has 0 bridgehead atoms. The Kier molecular flexibility index (Phi) is 6.85. The highest BCUT2D eigenvalue weighted by Crippen LogP contribution is 2.39. The number of ether oxygens (including phenoxy) is 1. The van der Waals surface area contributed by atoms with Crippen molar-refractivity contribution in [3.63, 3.8) is 0 Å². The minimum Gasteiger partial charge on any atom is -0.476 e. The van der Waals surface area contributed by atoms with E-state index in [4.69, 9.17) is 16.3 Å². The summed E-state index contributed by atoms with van der Waals surface area (Å²) in [7, 11) is 2.07. The molecule has 0 unspecified atom stereocenters. The number of β-lactam (4-membered cyclic amide) rings is 1. The molecule has 2 atom stereocenters. The molecule has 0 saturated carbocycles. The highest BCUT2D eigenvalue weighted by atomic mass is 35.5. The maximum Gasteiger partial charge on any atom is 0.266 e. The quantitative estimate of drug-likeness (QED) is 0.432. The third kappa shape index (κ3) is 5.06. The van der Waals surface area contributed by atoms with Gasteiger partial charge in [0, 0.05) is 18.5 Å². The van der Waals surface area contributed by atoms with E-state index in [0.29, 0.717) is 12.3 Å². The third-order valence-electron chi connectivity index (χ3n) is 5.29. The molecular formula is C23H23ClFN3O2S. The number of amides is 1. The van der Waals surface area contributed by atoms with Gasteiger partial charge in [0.05, 0.1) is 16.2 Å². The molecule has 31 heavy (non-hydrogen) atoms. The molecule has 3 aromatic rings. The van der Waals surface area contributed by atoms with Gasteiger partial charge in [0.15, 0.2) is 0 Å². The number of benzene rings is 2. The molecule has 2 heterocycles. The molecule has 1 saturated heterocycles. The van der Waals surface area contributed by atoms with Crippen LogP contribution in [-0.2, 0) is 11.3 Å². The second-order valence-electron chi connectivity index (χ2n) is 7.58. The molecule has 1 aliphatic heterocycles. The topological polar surface area (TPSA) is 45.7 Å². The van der Waals surface area contributed by atoms with Crippen molar-refractivity contribution in [2.45, 2.75) is 25.1 Å². The minimum absolute atomic E-state index is 0.107. The fraction of sp³-hybridized carbons (Fsp3) is 0.304. The van der Waals surface area contributed by atoms with Gasteiger partial charge in [-0.25, -0.2) is 9.37 Å². The van der Waals surface area contributed by atoms with Crippen molar-refractivity contribution < 1.29 is 13.9 Å². The summed E-state index contributed by atoms with van der Waals surface area (Å²) in [5.74, 6) is -0.261.